The number of aliphatic hydroxyl groups excluding tert-OH is 1. The van der Waals surface area contributed by atoms with Gasteiger partial charge in [0.2, 0.25) is 0 Å². The van der Waals surface area contributed by atoms with E-state index in [0.717, 1.165) is 0 Å². The Morgan fingerprint density at radius 1 is 1.26 bits per heavy atom. The van der Waals surface area contributed by atoms with Gasteiger partial charge in [0.1, 0.15) is 23.1 Å². The minimum atomic E-state index is -0.907. The number of Topliss-reactive ketones (excluding diaryl/α,β-unsaturated/α-hetero) is 1. The summed E-state index contributed by atoms with van der Waals surface area (Å²) < 4.78 is 10.2. The van der Waals surface area contributed by atoms with E-state index in [9.17, 15) is 14.7 Å². The van der Waals surface area contributed by atoms with Crippen molar-refractivity contribution in [1.82, 2.24) is 0 Å². The molecular formula is C21H27NO5. The van der Waals surface area contributed by atoms with Crippen molar-refractivity contribution in [3.05, 3.63) is 35.6 Å². The third kappa shape index (κ3) is 4.21. The molecule has 0 spiro atoms. The molecule has 0 aromatic heterocycles. The number of benzene rings is 1. The molecule has 6 heteroatoms. The predicted molar refractivity (Wildman–Crippen MR) is 104 cm³/mol. The fraction of sp³-hybridized carbons (Fsp3) is 0.476. The molecular weight excluding hydrogens is 346 g/mol. The predicted octanol–water partition coefficient (Wildman–Crippen LogP) is 4.17. The molecule has 0 bridgehead atoms. The summed E-state index contributed by atoms with van der Waals surface area (Å²) in [5.41, 5.74) is 0.489. The summed E-state index contributed by atoms with van der Waals surface area (Å²) in [5, 5.41) is 10.9. The third-order valence-corrected chi connectivity index (χ3v) is 4.76. The average molecular weight is 373 g/mol. The maximum Gasteiger partial charge on any atom is 0.316 e. The van der Waals surface area contributed by atoms with Gasteiger partial charge in [-0.1, -0.05) is 32.9 Å². The van der Waals surface area contributed by atoms with Crippen LogP contribution < -0.4 is 4.74 Å². The summed E-state index contributed by atoms with van der Waals surface area (Å²) in [6, 6.07) is 7.22. The zero-order valence-corrected chi connectivity index (χ0v) is 16.5. The topological polar surface area (TPSA) is 85.2 Å². The van der Waals surface area contributed by atoms with E-state index in [2.05, 4.69) is 4.99 Å². The van der Waals surface area contributed by atoms with Crippen LogP contribution in [0.3, 0.4) is 0 Å². The first-order chi connectivity index (χ1) is 12.8. The van der Waals surface area contributed by atoms with Gasteiger partial charge in [-0.25, -0.2) is 4.99 Å². The Balaban J connectivity index is 2.68. The highest BCUT2D eigenvalue weighted by atomic mass is 16.5. The van der Waals surface area contributed by atoms with Crippen LogP contribution in [0.2, 0.25) is 0 Å². The first-order valence-corrected chi connectivity index (χ1v) is 9.01. The Bertz CT molecular complexity index is 792. The van der Waals surface area contributed by atoms with Gasteiger partial charge in [0.05, 0.1) is 25.5 Å². The van der Waals surface area contributed by atoms with Crippen molar-refractivity contribution in [3.63, 3.8) is 0 Å². The lowest BCUT2D eigenvalue weighted by Gasteiger charge is -2.37. The molecule has 1 unspecified atom stereocenters. The van der Waals surface area contributed by atoms with Crippen molar-refractivity contribution in [2.24, 2.45) is 16.3 Å². The number of aliphatic imine (C=N–C) groups is 1. The van der Waals surface area contributed by atoms with Crippen LogP contribution in [0.5, 0.6) is 5.75 Å². The van der Waals surface area contributed by atoms with E-state index in [4.69, 9.17) is 9.47 Å². The summed E-state index contributed by atoms with van der Waals surface area (Å²) in [4.78, 5) is 29.7. The summed E-state index contributed by atoms with van der Waals surface area (Å²) in [6.07, 6.45) is 1.24. The number of carbonyl (C=O) groups excluding carboxylic acids is 2. The van der Waals surface area contributed by atoms with Gasteiger partial charge >= 0.3 is 5.97 Å². The molecule has 1 aromatic carbocycles. The average Bonchev–Trinajstić information content (AvgIpc) is 2.61. The van der Waals surface area contributed by atoms with Crippen molar-refractivity contribution < 1.29 is 24.2 Å². The summed E-state index contributed by atoms with van der Waals surface area (Å²) in [7, 11) is 2.82. The van der Waals surface area contributed by atoms with E-state index in [1.807, 2.05) is 32.9 Å². The van der Waals surface area contributed by atoms with Crippen LogP contribution in [0.1, 0.15) is 40.0 Å². The number of nitrogens with zero attached hydrogens (tertiary/aromatic N) is 1. The highest BCUT2D eigenvalue weighted by Gasteiger charge is 2.47. The number of methoxy groups -OCH3 is 2. The molecule has 0 amide bonds. The molecule has 1 aliphatic rings. The Hall–Kier alpha value is -2.63. The van der Waals surface area contributed by atoms with E-state index in [1.54, 1.807) is 19.2 Å². The minimum Gasteiger partial charge on any atom is -0.511 e. The molecule has 1 N–H and O–H groups in total. The van der Waals surface area contributed by atoms with Gasteiger partial charge in [-0.05, 0) is 30.4 Å². The van der Waals surface area contributed by atoms with Crippen LogP contribution in [0.25, 0.3) is 0 Å². The molecule has 0 radical (unpaired) electrons. The monoisotopic (exact) mass is 373 g/mol. The Morgan fingerprint density at radius 2 is 1.93 bits per heavy atom. The first-order valence-electron chi connectivity index (χ1n) is 9.01. The Labute approximate surface area is 159 Å². The molecule has 0 aliphatic heterocycles. The highest BCUT2D eigenvalue weighted by molar-refractivity contribution is 6.24. The number of para-hydroxylation sites is 2. The highest BCUT2D eigenvalue weighted by Crippen LogP contribution is 2.44. The van der Waals surface area contributed by atoms with Crippen LogP contribution in [-0.4, -0.2) is 36.8 Å². The quantitative estimate of drug-likeness (QED) is 0.757. The molecule has 0 fully saturated rings. The molecule has 146 valence electrons. The number of ketones is 1. The molecule has 0 saturated heterocycles. The standard InChI is InChI=1S/C21H27NO5/c1-6-9-15(23)17-14(22-13-10-7-8-11-16(13)26-4)12-21(2,3)18(19(17)24)20(25)27-5/h7-8,10-11,18,24H,6,9,12H2,1-5H3. The van der Waals surface area contributed by atoms with Gasteiger partial charge in [0, 0.05) is 6.42 Å². The van der Waals surface area contributed by atoms with E-state index in [-0.39, 0.29) is 23.5 Å². The largest absolute Gasteiger partial charge is 0.511 e. The van der Waals surface area contributed by atoms with Gasteiger partial charge in [-0.3, -0.25) is 9.59 Å². The van der Waals surface area contributed by atoms with Gasteiger partial charge in [0.15, 0.2) is 5.78 Å². The van der Waals surface area contributed by atoms with Gasteiger partial charge < -0.3 is 14.6 Å². The van der Waals surface area contributed by atoms with Gasteiger partial charge in [0.25, 0.3) is 0 Å². The zero-order chi connectivity index (χ0) is 20.2. The number of hydrogen-bond acceptors (Lipinski definition) is 6. The summed E-state index contributed by atoms with van der Waals surface area (Å²) >= 11 is 0. The minimum absolute atomic E-state index is 0.123. The van der Waals surface area contributed by atoms with Crippen molar-refractivity contribution in [2.45, 2.75) is 40.0 Å². The number of rotatable bonds is 6. The lowest BCUT2D eigenvalue weighted by atomic mass is 9.67. The second-order valence-electron chi connectivity index (χ2n) is 7.29. The molecule has 2 rings (SSSR count). The molecule has 6 nitrogen and oxygen atoms in total. The van der Waals surface area contributed by atoms with Crippen LogP contribution in [-0.2, 0) is 14.3 Å². The van der Waals surface area contributed by atoms with Crippen LogP contribution in [0, 0.1) is 11.3 Å². The van der Waals surface area contributed by atoms with E-state index in [0.29, 0.717) is 30.0 Å². The Kier molecular flexibility index (Phi) is 6.41. The third-order valence-electron chi connectivity index (χ3n) is 4.76. The lowest BCUT2D eigenvalue weighted by molar-refractivity contribution is -0.149. The normalized spacial score (nSPS) is 20.5. The second-order valence-corrected chi connectivity index (χ2v) is 7.29. The molecule has 1 aliphatic carbocycles. The fourth-order valence-corrected chi connectivity index (χ4v) is 3.45. The molecule has 1 atom stereocenters. The summed E-state index contributed by atoms with van der Waals surface area (Å²) in [5.74, 6) is -1.39. The number of hydrogen-bond donors (Lipinski definition) is 1. The van der Waals surface area contributed by atoms with Crippen LogP contribution in [0.4, 0.5) is 5.69 Å². The van der Waals surface area contributed by atoms with E-state index < -0.39 is 17.3 Å². The number of ether oxygens (including phenoxy) is 2. The van der Waals surface area contributed by atoms with Crippen LogP contribution >= 0.6 is 0 Å². The van der Waals surface area contributed by atoms with Gasteiger partial charge in [-0.2, -0.15) is 0 Å². The van der Waals surface area contributed by atoms with Crippen molar-refractivity contribution >= 4 is 23.2 Å². The summed E-state index contributed by atoms with van der Waals surface area (Å²) in [6.45, 7) is 5.59. The fourth-order valence-electron chi connectivity index (χ4n) is 3.45. The Morgan fingerprint density at radius 3 is 2.52 bits per heavy atom. The molecule has 0 heterocycles. The maximum absolute atomic E-state index is 12.7. The van der Waals surface area contributed by atoms with Crippen LogP contribution in [0.15, 0.2) is 40.6 Å². The van der Waals surface area contributed by atoms with Crippen molar-refractivity contribution in [1.29, 1.82) is 0 Å². The molecule has 0 saturated carbocycles. The number of allylic oxidation sites excluding steroid dienone is 1. The molecule has 27 heavy (non-hydrogen) atoms. The lowest BCUT2D eigenvalue weighted by Crippen LogP contribution is -2.41. The van der Waals surface area contributed by atoms with Crippen molar-refractivity contribution in [3.8, 4) is 5.75 Å². The van der Waals surface area contributed by atoms with E-state index >= 15 is 0 Å². The first kappa shape index (κ1) is 20.7. The van der Waals surface area contributed by atoms with E-state index in [1.165, 1.54) is 7.11 Å². The number of aliphatic hydroxyl groups is 1. The molecule has 1 aromatic rings. The zero-order valence-electron chi connectivity index (χ0n) is 16.5. The van der Waals surface area contributed by atoms with Crippen molar-refractivity contribution in [2.75, 3.05) is 14.2 Å². The number of esters is 1. The van der Waals surface area contributed by atoms with Gasteiger partial charge in [-0.15, -0.1) is 0 Å². The maximum atomic E-state index is 12.7. The second kappa shape index (κ2) is 8.37. The number of carbonyl (C=O) groups is 2. The SMILES string of the molecule is CCCC(=O)C1=C(O)C(C(=O)OC)C(C)(C)CC1=Nc1ccccc1OC. The smallest absolute Gasteiger partial charge is 0.316 e.